The molecule has 6 nitrogen and oxygen atoms in total. The number of fused-ring (bicyclic) bond motifs is 4. The minimum absolute atomic E-state index is 0.0140. The molecule has 6 rings (SSSR count). The summed E-state index contributed by atoms with van der Waals surface area (Å²) in [4.78, 5) is 34.0. The van der Waals surface area contributed by atoms with E-state index in [1.165, 1.54) is 19.2 Å². The molecule has 6 heteroatoms. The van der Waals surface area contributed by atoms with Gasteiger partial charge in [-0.1, -0.05) is 18.2 Å². The summed E-state index contributed by atoms with van der Waals surface area (Å²) >= 11 is 0. The third-order valence-electron chi connectivity index (χ3n) is 7.82. The van der Waals surface area contributed by atoms with Gasteiger partial charge in [0.25, 0.3) is 5.56 Å². The quantitative estimate of drug-likeness (QED) is 0.685. The van der Waals surface area contributed by atoms with Gasteiger partial charge in [0, 0.05) is 29.8 Å². The van der Waals surface area contributed by atoms with Crippen LogP contribution in [0.15, 0.2) is 41.6 Å². The first-order valence-corrected chi connectivity index (χ1v) is 11.3. The molecular formula is C25H26N4O2. The summed E-state index contributed by atoms with van der Waals surface area (Å²) in [6.07, 6.45) is 10.6. The Morgan fingerprint density at radius 3 is 2.77 bits per heavy atom. The molecule has 158 valence electrons. The van der Waals surface area contributed by atoms with Crippen LogP contribution < -0.4 is 10.9 Å². The van der Waals surface area contributed by atoms with Crippen LogP contribution in [0.25, 0.3) is 10.9 Å². The van der Waals surface area contributed by atoms with Gasteiger partial charge in [0.15, 0.2) is 5.78 Å². The number of pyridine rings is 1. The van der Waals surface area contributed by atoms with Gasteiger partial charge >= 0.3 is 0 Å². The molecule has 1 N–H and O–H groups in total. The Bertz CT molecular complexity index is 1270. The van der Waals surface area contributed by atoms with Crippen molar-refractivity contribution in [2.24, 2.45) is 5.92 Å². The summed E-state index contributed by atoms with van der Waals surface area (Å²) in [5.41, 5.74) is 3.80. The Kier molecular flexibility index (Phi) is 4.07. The number of carbonyl (C=O) groups excluding carboxylic acids is 1. The van der Waals surface area contributed by atoms with Gasteiger partial charge < -0.3 is 9.88 Å². The number of benzene rings is 1. The second-order valence-electron chi connectivity index (χ2n) is 9.54. The minimum Gasteiger partial charge on any atom is -0.363 e. The van der Waals surface area contributed by atoms with Crippen LogP contribution in [0, 0.1) is 5.92 Å². The molecule has 31 heavy (non-hydrogen) atoms. The lowest BCUT2D eigenvalue weighted by Gasteiger charge is -2.29. The minimum atomic E-state index is -0.0325. The third-order valence-corrected chi connectivity index (χ3v) is 7.82. The van der Waals surface area contributed by atoms with Crippen molar-refractivity contribution in [2.75, 3.05) is 5.32 Å². The summed E-state index contributed by atoms with van der Waals surface area (Å²) < 4.78 is 1.97. The van der Waals surface area contributed by atoms with Crippen molar-refractivity contribution in [3.8, 4) is 0 Å². The van der Waals surface area contributed by atoms with Gasteiger partial charge in [0.2, 0.25) is 0 Å². The molecule has 0 aliphatic heterocycles. The van der Waals surface area contributed by atoms with Crippen molar-refractivity contribution < 1.29 is 4.79 Å². The average molecular weight is 415 g/mol. The zero-order valence-corrected chi connectivity index (χ0v) is 17.7. The number of nitrogens with zero attached hydrogens (tertiary/aromatic N) is 3. The van der Waals surface area contributed by atoms with E-state index < -0.39 is 0 Å². The Morgan fingerprint density at radius 2 is 2.00 bits per heavy atom. The molecule has 2 fully saturated rings. The average Bonchev–Trinajstić information content (AvgIpc) is 3.49. The lowest BCUT2D eigenvalue weighted by molar-refractivity contribution is 0.0994. The molecule has 1 aromatic carbocycles. The number of carbonyl (C=O) groups is 1. The largest absolute Gasteiger partial charge is 0.363 e. The van der Waals surface area contributed by atoms with Crippen LogP contribution >= 0.6 is 0 Å². The van der Waals surface area contributed by atoms with E-state index in [1.807, 2.05) is 22.9 Å². The smallest absolute Gasteiger partial charge is 0.253 e. The first-order chi connectivity index (χ1) is 15.0. The maximum absolute atomic E-state index is 13.0. The molecule has 3 aliphatic rings. The molecule has 3 aromatic rings. The molecule has 3 aliphatic carbocycles. The first-order valence-electron chi connectivity index (χ1n) is 11.3. The Hall–Kier alpha value is -3.02. The number of Topliss-reactive ketones (excluding diaryl/α,β-unsaturated/α-hetero) is 1. The van der Waals surface area contributed by atoms with Crippen LogP contribution in [-0.4, -0.2) is 20.3 Å². The predicted octanol–water partition coefficient (Wildman–Crippen LogP) is 4.38. The van der Waals surface area contributed by atoms with Crippen molar-refractivity contribution in [3.05, 3.63) is 63.8 Å². The van der Waals surface area contributed by atoms with Gasteiger partial charge in [-0.3, -0.25) is 9.59 Å². The molecule has 2 heterocycles. The summed E-state index contributed by atoms with van der Waals surface area (Å²) in [7, 11) is 0. The molecule has 0 saturated heterocycles. The van der Waals surface area contributed by atoms with E-state index in [4.69, 9.17) is 0 Å². The van der Waals surface area contributed by atoms with Crippen LogP contribution in [0.1, 0.15) is 73.0 Å². The number of ketones is 1. The van der Waals surface area contributed by atoms with Gasteiger partial charge in [-0.2, -0.15) is 0 Å². The molecule has 2 aromatic heterocycles. The molecule has 0 amide bonds. The summed E-state index contributed by atoms with van der Waals surface area (Å²) in [5.74, 6) is 1.72. The lowest BCUT2D eigenvalue weighted by atomic mass is 9.93. The number of hydrogen-bond donors (Lipinski definition) is 1. The summed E-state index contributed by atoms with van der Waals surface area (Å²) in [6.45, 7) is 2.10. The van der Waals surface area contributed by atoms with E-state index in [-0.39, 0.29) is 22.9 Å². The number of rotatable bonds is 4. The first kappa shape index (κ1) is 18.7. The van der Waals surface area contributed by atoms with Crippen molar-refractivity contribution in [2.45, 2.75) is 63.5 Å². The van der Waals surface area contributed by atoms with Gasteiger partial charge in [-0.15, -0.1) is 0 Å². The molecule has 0 spiro atoms. The fourth-order valence-corrected chi connectivity index (χ4v) is 6.22. The van der Waals surface area contributed by atoms with Crippen molar-refractivity contribution in [3.63, 3.8) is 0 Å². The van der Waals surface area contributed by atoms with Crippen molar-refractivity contribution in [1.82, 2.24) is 14.5 Å². The zero-order chi connectivity index (χ0) is 21.2. The Morgan fingerprint density at radius 1 is 1.16 bits per heavy atom. The molecule has 2 saturated carbocycles. The Balaban J connectivity index is 1.41. The van der Waals surface area contributed by atoms with E-state index in [2.05, 4.69) is 28.3 Å². The fraction of sp³-hybridized carbons (Fsp3) is 0.440. The number of anilines is 1. The van der Waals surface area contributed by atoms with E-state index >= 15 is 0 Å². The number of aromatic nitrogens is 3. The van der Waals surface area contributed by atoms with E-state index in [0.717, 1.165) is 59.5 Å². The maximum Gasteiger partial charge on any atom is 0.253 e. The van der Waals surface area contributed by atoms with Crippen LogP contribution in [0.5, 0.6) is 0 Å². The highest BCUT2D eigenvalue weighted by molar-refractivity contribution is 6.00. The third kappa shape index (κ3) is 2.84. The highest BCUT2D eigenvalue weighted by atomic mass is 16.1. The molecule has 0 radical (unpaired) electrons. The fourth-order valence-electron chi connectivity index (χ4n) is 6.22. The predicted molar refractivity (Wildman–Crippen MR) is 119 cm³/mol. The standard InChI is InChI=1S/C25H26N4O2/c1-15(17-3-2-4-19-18(17)5-6-22(19)30)28-24-20-13-29(23(31)11-21(20)26-14-27-24)25-9-7-16(12-25)8-10-25/h2-4,11,13-16H,5-10,12H2,1H3,(H,26,27,28)/t15-,16?,25?/m0/s1. The van der Waals surface area contributed by atoms with Crippen molar-refractivity contribution in [1.29, 1.82) is 0 Å². The highest BCUT2D eigenvalue weighted by Gasteiger charge is 2.46. The number of nitrogens with one attached hydrogen (secondary N) is 1. The zero-order valence-electron chi connectivity index (χ0n) is 17.7. The summed E-state index contributed by atoms with van der Waals surface area (Å²) in [6, 6.07) is 7.62. The molecule has 0 unspecified atom stereocenters. The topological polar surface area (TPSA) is 76.9 Å². The molecule has 1 atom stereocenters. The second-order valence-corrected chi connectivity index (χ2v) is 9.54. The lowest BCUT2D eigenvalue weighted by Crippen LogP contribution is -2.37. The highest BCUT2D eigenvalue weighted by Crippen LogP contribution is 2.52. The molecule has 2 bridgehead atoms. The van der Waals surface area contributed by atoms with Crippen LogP contribution in [-0.2, 0) is 12.0 Å². The molecular weight excluding hydrogens is 388 g/mol. The monoisotopic (exact) mass is 414 g/mol. The second kappa shape index (κ2) is 6.74. The Labute approximate surface area is 180 Å². The van der Waals surface area contributed by atoms with Gasteiger partial charge in [-0.25, -0.2) is 9.97 Å². The van der Waals surface area contributed by atoms with Gasteiger partial charge in [0.1, 0.15) is 12.1 Å². The SMILES string of the molecule is C[C@H](Nc1ncnc2cc(=O)n(C34CCC(CC3)C4)cc12)c1cccc2c1CCC2=O. The van der Waals surface area contributed by atoms with E-state index in [0.29, 0.717) is 11.9 Å². The van der Waals surface area contributed by atoms with Gasteiger partial charge in [-0.05, 0) is 62.5 Å². The normalized spacial score (nSPS) is 25.2. The van der Waals surface area contributed by atoms with Crippen LogP contribution in [0.2, 0.25) is 0 Å². The number of hydrogen-bond acceptors (Lipinski definition) is 5. The van der Waals surface area contributed by atoms with E-state index in [9.17, 15) is 9.59 Å². The van der Waals surface area contributed by atoms with Crippen LogP contribution in [0.3, 0.4) is 0 Å². The maximum atomic E-state index is 13.0. The van der Waals surface area contributed by atoms with Gasteiger partial charge in [0.05, 0.1) is 16.9 Å². The summed E-state index contributed by atoms with van der Waals surface area (Å²) in [5, 5.41) is 4.42. The van der Waals surface area contributed by atoms with Crippen molar-refractivity contribution >= 4 is 22.5 Å². The van der Waals surface area contributed by atoms with E-state index in [1.54, 1.807) is 6.07 Å². The van der Waals surface area contributed by atoms with Crippen LogP contribution in [0.4, 0.5) is 5.82 Å².